The minimum Gasteiger partial charge on any atom is -0.496 e. The van der Waals surface area contributed by atoms with Crippen LogP contribution in [0.5, 0.6) is 5.75 Å². The molecule has 0 spiro atoms. The van der Waals surface area contributed by atoms with E-state index in [0.29, 0.717) is 24.5 Å². The first-order valence-electron chi connectivity index (χ1n) is 5.97. The van der Waals surface area contributed by atoms with Gasteiger partial charge in [0.15, 0.2) is 0 Å². The van der Waals surface area contributed by atoms with Crippen molar-refractivity contribution in [2.45, 2.75) is 38.5 Å². The van der Waals surface area contributed by atoms with E-state index in [0.717, 1.165) is 34.7 Å². The summed E-state index contributed by atoms with van der Waals surface area (Å²) in [6.07, 6.45) is 3.18. The number of rotatable bonds is 2. The second-order valence-electron chi connectivity index (χ2n) is 4.66. The van der Waals surface area contributed by atoms with Crippen molar-refractivity contribution in [1.82, 2.24) is 0 Å². The Bertz CT molecular complexity index is 430. The van der Waals surface area contributed by atoms with Crippen molar-refractivity contribution in [2.24, 2.45) is 0 Å². The molecule has 1 saturated carbocycles. The van der Waals surface area contributed by atoms with Crippen LogP contribution in [0.2, 0.25) is 5.02 Å². The molecule has 2 nitrogen and oxygen atoms in total. The van der Waals surface area contributed by atoms with Crippen molar-refractivity contribution in [3.8, 4) is 5.75 Å². The molecule has 0 saturated heterocycles. The first kappa shape index (κ1) is 12.4. The van der Waals surface area contributed by atoms with Gasteiger partial charge in [-0.3, -0.25) is 4.79 Å². The molecule has 1 fully saturated rings. The van der Waals surface area contributed by atoms with Gasteiger partial charge in [0.2, 0.25) is 0 Å². The smallest absolute Gasteiger partial charge is 0.132 e. The zero-order valence-electron chi connectivity index (χ0n) is 10.3. The molecule has 0 radical (unpaired) electrons. The lowest BCUT2D eigenvalue weighted by Gasteiger charge is -2.24. The Morgan fingerprint density at radius 2 is 1.94 bits per heavy atom. The maximum atomic E-state index is 11.3. The third-order valence-electron chi connectivity index (χ3n) is 3.46. The summed E-state index contributed by atoms with van der Waals surface area (Å²) >= 11 is 6.10. The summed E-state index contributed by atoms with van der Waals surface area (Å²) in [6, 6.07) is 3.89. The molecule has 1 aromatic rings. The van der Waals surface area contributed by atoms with Crippen LogP contribution < -0.4 is 4.74 Å². The Hall–Kier alpha value is -1.02. The zero-order chi connectivity index (χ0) is 12.4. The molecule has 17 heavy (non-hydrogen) atoms. The molecular weight excluding hydrogens is 236 g/mol. The van der Waals surface area contributed by atoms with E-state index in [9.17, 15) is 4.79 Å². The van der Waals surface area contributed by atoms with Gasteiger partial charge in [0.25, 0.3) is 0 Å². The highest BCUT2D eigenvalue weighted by atomic mass is 35.5. The Morgan fingerprint density at radius 3 is 2.53 bits per heavy atom. The summed E-state index contributed by atoms with van der Waals surface area (Å²) in [5.74, 6) is 1.70. The number of benzene rings is 1. The lowest BCUT2D eigenvalue weighted by molar-refractivity contribution is -0.120. The molecule has 2 rings (SSSR count). The number of carbonyl (C=O) groups is 1. The number of hydrogen-bond acceptors (Lipinski definition) is 2. The monoisotopic (exact) mass is 252 g/mol. The molecule has 0 amide bonds. The van der Waals surface area contributed by atoms with Gasteiger partial charge in [0, 0.05) is 17.9 Å². The summed E-state index contributed by atoms with van der Waals surface area (Å²) in [6.45, 7) is 2.00. The minimum atomic E-state index is 0.374. The number of ketones is 1. The Labute approximate surface area is 107 Å². The largest absolute Gasteiger partial charge is 0.496 e. The first-order valence-corrected chi connectivity index (χ1v) is 6.35. The van der Waals surface area contributed by atoms with E-state index in [1.807, 2.05) is 19.1 Å². The summed E-state index contributed by atoms with van der Waals surface area (Å²) in [4.78, 5) is 11.3. The third kappa shape index (κ3) is 2.63. The van der Waals surface area contributed by atoms with Gasteiger partial charge >= 0.3 is 0 Å². The van der Waals surface area contributed by atoms with E-state index in [1.54, 1.807) is 7.11 Å². The second-order valence-corrected chi connectivity index (χ2v) is 5.09. The number of methoxy groups -OCH3 is 1. The lowest BCUT2D eigenvalue weighted by atomic mass is 9.82. The molecule has 0 heterocycles. The molecule has 1 aliphatic carbocycles. The van der Waals surface area contributed by atoms with Gasteiger partial charge in [0.05, 0.1) is 7.11 Å². The Morgan fingerprint density at radius 1 is 1.29 bits per heavy atom. The maximum Gasteiger partial charge on any atom is 0.132 e. The highest BCUT2D eigenvalue weighted by molar-refractivity contribution is 6.30. The Kier molecular flexibility index (Phi) is 3.72. The highest BCUT2D eigenvalue weighted by Crippen LogP contribution is 2.39. The van der Waals surface area contributed by atoms with E-state index in [-0.39, 0.29) is 0 Å². The quantitative estimate of drug-likeness (QED) is 0.798. The molecule has 1 aliphatic rings. The van der Waals surface area contributed by atoms with Crippen molar-refractivity contribution in [3.05, 3.63) is 28.3 Å². The maximum absolute atomic E-state index is 11.3. The number of halogens is 1. The predicted octanol–water partition coefficient (Wildman–Crippen LogP) is 3.88. The molecule has 92 valence electrons. The van der Waals surface area contributed by atoms with Crippen LogP contribution in [-0.2, 0) is 4.79 Å². The molecule has 1 aromatic carbocycles. The topological polar surface area (TPSA) is 26.3 Å². The van der Waals surface area contributed by atoms with Crippen LogP contribution >= 0.6 is 11.6 Å². The van der Waals surface area contributed by atoms with Crippen LogP contribution in [0.4, 0.5) is 0 Å². The van der Waals surface area contributed by atoms with E-state index >= 15 is 0 Å². The molecule has 0 N–H and O–H groups in total. The van der Waals surface area contributed by atoms with E-state index in [1.165, 1.54) is 0 Å². The normalized spacial score (nSPS) is 17.2. The molecule has 0 aliphatic heterocycles. The van der Waals surface area contributed by atoms with E-state index in [2.05, 4.69) is 0 Å². The highest BCUT2D eigenvalue weighted by Gasteiger charge is 2.23. The first-order chi connectivity index (χ1) is 8.11. The second kappa shape index (κ2) is 5.09. The standard InChI is InChI=1S/C14H17ClO2/c1-9-7-11(15)8-13(14(9)17-2)10-3-5-12(16)6-4-10/h7-8,10H,3-6H2,1-2H3. The average molecular weight is 253 g/mol. The summed E-state index contributed by atoms with van der Waals surface area (Å²) in [7, 11) is 1.69. The van der Waals surface area contributed by atoms with Crippen LogP contribution in [0.25, 0.3) is 0 Å². The third-order valence-corrected chi connectivity index (χ3v) is 3.67. The predicted molar refractivity (Wildman–Crippen MR) is 69.0 cm³/mol. The molecule has 3 heteroatoms. The Balaban J connectivity index is 2.33. The fraction of sp³-hybridized carbons (Fsp3) is 0.500. The summed E-state index contributed by atoms with van der Waals surface area (Å²) in [5, 5.41) is 0.746. The van der Waals surface area contributed by atoms with Crippen molar-refractivity contribution >= 4 is 17.4 Å². The average Bonchev–Trinajstić information content (AvgIpc) is 2.29. The van der Waals surface area contributed by atoms with Gasteiger partial charge in [-0.25, -0.2) is 0 Å². The van der Waals surface area contributed by atoms with Crippen LogP contribution in [-0.4, -0.2) is 12.9 Å². The SMILES string of the molecule is COc1c(C)cc(Cl)cc1C1CCC(=O)CC1. The fourth-order valence-corrected chi connectivity index (χ4v) is 2.87. The van der Waals surface area contributed by atoms with E-state index in [4.69, 9.17) is 16.3 Å². The number of Topliss-reactive ketones (excluding diaryl/α,β-unsaturated/α-hetero) is 1. The van der Waals surface area contributed by atoms with Gasteiger partial charge in [-0.1, -0.05) is 11.6 Å². The van der Waals surface area contributed by atoms with Crippen molar-refractivity contribution < 1.29 is 9.53 Å². The van der Waals surface area contributed by atoms with E-state index < -0.39 is 0 Å². The summed E-state index contributed by atoms with van der Waals surface area (Å²) in [5.41, 5.74) is 2.22. The molecule has 0 unspecified atom stereocenters. The molecule has 0 bridgehead atoms. The summed E-state index contributed by atoms with van der Waals surface area (Å²) < 4.78 is 5.47. The zero-order valence-corrected chi connectivity index (χ0v) is 11.0. The van der Waals surface area contributed by atoms with Crippen molar-refractivity contribution in [2.75, 3.05) is 7.11 Å². The van der Waals surface area contributed by atoms with Crippen LogP contribution in [0, 0.1) is 6.92 Å². The van der Waals surface area contributed by atoms with Crippen LogP contribution in [0.3, 0.4) is 0 Å². The van der Waals surface area contributed by atoms with Gasteiger partial charge in [-0.15, -0.1) is 0 Å². The van der Waals surface area contributed by atoms with Crippen molar-refractivity contribution in [1.29, 1.82) is 0 Å². The van der Waals surface area contributed by atoms with Gasteiger partial charge in [-0.2, -0.15) is 0 Å². The van der Waals surface area contributed by atoms with Crippen LogP contribution in [0.15, 0.2) is 12.1 Å². The molecular formula is C14H17ClO2. The number of aryl methyl sites for hydroxylation is 1. The van der Waals surface area contributed by atoms with Crippen molar-refractivity contribution in [3.63, 3.8) is 0 Å². The lowest BCUT2D eigenvalue weighted by Crippen LogP contribution is -2.13. The number of carbonyl (C=O) groups excluding carboxylic acids is 1. The van der Waals surface area contributed by atoms with Gasteiger partial charge < -0.3 is 4.74 Å². The van der Waals surface area contributed by atoms with Crippen LogP contribution in [0.1, 0.15) is 42.7 Å². The molecule has 0 atom stereocenters. The molecule has 0 aromatic heterocycles. The minimum absolute atomic E-state index is 0.374. The number of hydrogen-bond donors (Lipinski definition) is 0. The van der Waals surface area contributed by atoms with Gasteiger partial charge in [0.1, 0.15) is 11.5 Å². The van der Waals surface area contributed by atoms with Gasteiger partial charge in [-0.05, 0) is 48.9 Å². The fourth-order valence-electron chi connectivity index (χ4n) is 2.59. The number of ether oxygens (including phenoxy) is 1.